The zero-order valence-corrected chi connectivity index (χ0v) is 16.6. The number of likely N-dealkylation sites (N-methyl/N-ethyl adjacent to an activating group) is 1. The van der Waals surface area contributed by atoms with Crippen molar-refractivity contribution in [1.82, 2.24) is 15.1 Å². The van der Waals surface area contributed by atoms with Crippen molar-refractivity contribution in [3.63, 3.8) is 0 Å². The first-order valence-electron chi connectivity index (χ1n) is 10.5. The van der Waals surface area contributed by atoms with Gasteiger partial charge in [-0.2, -0.15) is 0 Å². The van der Waals surface area contributed by atoms with Gasteiger partial charge in [-0.25, -0.2) is 4.79 Å². The van der Waals surface area contributed by atoms with Gasteiger partial charge >= 0.3 is 12.0 Å². The first-order valence-corrected chi connectivity index (χ1v) is 10.5. The molecule has 2 N–H and O–H groups in total. The van der Waals surface area contributed by atoms with Crippen LogP contribution in [0.4, 0.5) is 4.79 Å². The third-order valence-electron chi connectivity index (χ3n) is 6.13. The maximum atomic E-state index is 12.6. The number of unbranched alkanes of at least 4 members (excludes halogenated alkanes) is 1. The number of rotatable bonds is 7. The Morgan fingerprint density at radius 1 is 1.12 bits per heavy atom. The summed E-state index contributed by atoms with van der Waals surface area (Å²) in [7, 11) is 1.87. The highest BCUT2D eigenvalue weighted by molar-refractivity contribution is 5.74. The average Bonchev–Trinajstić information content (AvgIpc) is 2.87. The number of carboxylic acid groups (broad SMARTS) is 1. The molecule has 150 valence electrons. The summed E-state index contributed by atoms with van der Waals surface area (Å²) in [4.78, 5) is 27.4. The summed E-state index contributed by atoms with van der Waals surface area (Å²) < 4.78 is 0. The quantitative estimate of drug-likeness (QED) is 0.724. The third kappa shape index (κ3) is 6.78. The molecule has 0 spiro atoms. The van der Waals surface area contributed by atoms with Gasteiger partial charge in [0, 0.05) is 25.2 Å². The van der Waals surface area contributed by atoms with E-state index >= 15 is 0 Å². The molecule has 2 fully saturated rings. The summed E-state index contributed by atoms with van der Waals surface area (Å²) in [6.07, 6.45) is 11.4. The van der Waals surface area contributed by atoms with E-state index in [-0.39, 0.29) is 18.6 Å². The van der Waals surface area contributed by atoms with Crippen molar-refractivity contribution in [2.45, 2.75) is 83.2 Å². The third-order valence-corrected chi connectivity index (χ3v) is 6.13. The molecule has 0 aromatic heterocycles. The van der Waals surface area contributed by atoms with Crippen molar-refractivity contribution in [2.24, 2.45) is 5.92 Å². The Morgan fingerprint density at radius 2 is 1.85 bits per heavy atom. The van der Waals surface area contributed by atoms with E-state index in [2.05, 4.69) is 12.2 Å². The summed E-state index contributed by atoms with van der Waals surface area (Å²) in [6.45, 7) is 3.80. The molecule has 2 rings (SSSR count). The van der Waals surface area contributed by atoms with Crippen LogP contribution in [0.2, 0.25) is 0 Å². The first-order chi connectivity index (χ1) is 12.5. The predicted molar refractivity (Wildman–Crippen MR) is 103 cm³/mol. The van der Waals surface area contributed by atoms with E-state index in [4.69, 9.17) is 5.11 Å². The van der Waals surface area contributed by atoms with Gasteiger partial charge in [0.15, 0.2) is 0 Å². The van der Waals surface area contributed by atoms with E-state index in [1.807, 2.05) is 16.8 Å². The molecule has 6 nitrogen and oxygen atoms in total. The van der Waals surface area contributed by atoms with E-state index in [0.29, 0.717) is 12.6 Å². The van der Waals surface area contributed by atoms with Gasteiger partial charge in [-0.05, 0) is 57.9 Å². The Hall–Kier alpha value is -1.30. The summed E-state index contributed by atoms with van der Waals surface area (Å²) in [5.74, 6) is 0.0627. The van der Waals surface area contributed by atoms with Crippen LogP contribution in [0.1, 0.15) is 71.1 Å². The molecule has 26 heavy (non-hydrogen) atoms. The second kappa shape index (κ2) is 10.8. The SMILES string of the molecule is CCCCC1CCC(NC(=O)N2CCCC(N(C)CC(=O)O)CC2)CC1. The van der Waals surface area contributed by atoms with E-state index in [1.54, 1.807) is 0 Å². The second-order valence-electron chi connectivity index (χ2n) is 8.19. The van der Waals surface area contributed by atoms with Crippen LogP contribution in [0.3, 0.4) is 0 Å². The van der Waals surface area contributed by atoms with Crippen LogP contribution in [0.15, 0.2) is 0 Å². The van der Waals surface area contributed by atoms with Gasteiger partial charge in [0.05, 0.1) is 6.54 Å². The topological polar surface area (TPSA) is 72.9 Å². The molecule has 1 heterocycles. The number of carbonyl (C=O) groups is 2. The number of aliphatic carboxylic acids is 1. The minimum absolute atomic E-state index is 0.0676. The van der Waals surface area contributed by atoms with E-state index in [9.17, 15) is 9.59 Å². The minimum atomic E-state index is -0.791. The molecule has 2 amide bonds. The number of hydrogen-bond donors (Lipinski definition) is 2. The van der Waals surface area contributed by atoms with Crippen LogP contribution in [-0.2, 0) is 4.79 Å². The average molecular weight is 368 g/mol. The van der Waals surface area contributed by atoms with Gasteiger partial charge < -0.3 is 15.3 Å². The molecule has 1 unspecified atom stereocenters. The van der Waals surface area contributed by atoms with Crippen molar-refractivity contribution in [1.29, 1.82) is 0 Å². The van der Waals surface area contributed by atoms with Crippen molar-refractivity contribution in [3.05, 3.63) is 0 Å². The first kappa shape index (κ1) is 21.0. The normalized spacial score (nSPS) is 27.2. The van der Waals surface area contributed by atoms with Crippen molar-refractivity contribution < 1.29 is 14.7 Å². The molecule has 6 heteroatoms. The number of carbonyl (C=O) groups excluding carboxylic acids is 1. The Bertz CT molecular complexity index is 450. The molecule has 0 bridgehead atoms. The summed E-state index contributed by atoms with van der Waals surface area (Å²) in [5, 5.41) is 12.2. The number of hydrogen-bond acceptors (Lipinski definition) is 3. The highest BCUT2D eigenvalue weighted by atomic mass is 16.4. The molecule has 1 saturated carbocycles. The highest BCUT2D eigenvalue weighted by Gasteiger charge is 2.27. The standard InChI is InChI=1S/C20H37N3O3/c1-3-4-6-16-8-10-17(11-9-16)21-20(26)23-13-5-7-18(12-14-23)22(2)15-19(24)25/h16-18H,3-15H2,1-2H3,(H,21,26)(H,24,25). The molecular weight excluding hydrogens is 330 g/mol. The number of nitrogens with zero attached hydrogens (tertiary/aromatic N) is 2. The van der Waals surface area contributed by atoms with Gasteiger partial charge in [-0.15, -0.1) is 0 Å². The van der Waals surface area contributed by atoms with Crippen LogP contribution in [0.25, 0.3) is 0 Å². The fourth-order valence-corrected chi connectivity index (χ4v) is 4.42. The van der Waals surface area contributed by atoms with E-state index in [0.717, 1.165) is 44.6 Å². The Labute approximate surface area is 158 Å². The maximum absolute atomic E-state index is 12.6. The summed E-state index contributed by atoms with van der Waals surface area (Å²) >= 11 is 0. The minimum Gasteiger partial charge on any atom is -0.480 e. The highest BCUT2D eigenvalue weighted by Crippen LogP contribution is 2.28. The van der Waals surface area contributed by atoms with Gasteiger partial charge in [0.1, 0.15) is 0 Å². The molecule has 1 atom stereocenters. The zero-order chi connectivity index (χ0) is 18.9. The number of nitrogens with one attached hydrogen (secondary N) is 1. The molecular formula is C20H37N3O3. The van der Waals surface area contributed by atoms with Crippen molar-refractivity contribution in [3.8, 4) is 0 Å². The van der Waals surface area contributed by atoms with Gasteiger partial charge in [0.2, 0.25) is 0 Å². The van der Waals surface area contributed by atoms with Crippen molar-refractivity contribution in [2.75, 3.05) is 26.7 Å². The largest absolute Gasteiger partial charge is 0.480 e. The molecule has 0 aromatic rings. The second-order valence-corrected chi connectivity index (χ2v) is 8.19. The lowest BCUT2D eigenvalue weighted by Gasteiger charge is -2.31. The lowest BCUT2D eigenvalue weighted by molar-refractivity contribution is -0.138. The number of amides is 2. The van der Waals surface area contributed by atoms with E-state index in [1.165, 1.54) is 32.1 Å². The lowest BCUT2D eigenvalue weighted by Crippen LogP contribution is -2.46. The summed E-state index contributed by atoms with van der Waals surface area (Å²) in [5.41, 5.74) is 0. The maximum Gasteiger partial charge on any atom is 0.317 e. The number of carboxylic acids is 1. The Morgan fingerprint density at radius 3 is 2.50 bits per heavy atom. The fourth-order valence-electron chi connectivity index (χ4n) is 4.42. The molecule has 2 aliphatic rings. The number of likely N-dealkylation sites (tertiary alicyclic amines) is 1. The Balaban J connectivity index is 1.72. The smallest absolute Gasteiger partial charge is 0.317 e. The molecule has 1 aliphatic carbocycles. The van der Waals surface area contributed by atoms with Gasteiger partial charge in [-0.3, -0.25) is 9.69 Å². The van der Waals surface area contributed by atoms with Crippen LogP contribution in [-0.4, -0.2) is 65.7 Å². The number of urea groups is 1. The molecule has 0 radical (unpaired) electrons. The zero-order valence-electron chi connectivity index (χ0n) is 16.6. The predicted octanol–water partition coefficient (Wildman–Crippen LogP) is 3.32. The van der Waals surface area contributed by atoms with Gasteiger partial charge in [-0.1, -0.05) is 26.2 Å². The van der Waals surface area contributed by atoms with Crippen LogP contribution >= 0.6 is 0 Å². The van der Waals surface area contributed by atoms with Gasteiger partial charge in [0.25, 0.3) is 0 Å². The fraction of sp³-hybridized carbons (Fsp3) is 0.900. The summed E-state index contributed by atoms with van der Waals surface area (Å²) in [6, 6.07) is 0.649. The molecule has 1 aliphatic heterocycles. The monoisotopic (exact) mass is 367 g/mol. The van der Waals surface area contributed by atoms with Crippen LogP contribution in [0, 0.1) is 5.92 Å². The van der Waals surface area contributed by atoms with Crippen molar-refractivity contribution >= 4 is 12.0 Å². The Kier molecular flexibility index (Phi) is 8.69. The van der Waals surface area contributed by atoms with E-state index < -0.39 is 5.97 Å². The van der Waals surface area contributed by atoms with Crippen LogP contribution in [0.5, 0.6) is 0 Å². The molecule has 0 aromatic carbocycles. The van der Waals surface area contributed by atoms with Crippen LogP contribution < -0.4 is 5.32 Å². The molecule has 1 saturated heterocycles. The lowest BCUT2D eigenvalue weighted by atomic mass is 9.83.